The number of H-pyrrole nitrogens is 1. The smallest absolute Gasteiger partial charge is 0.223 e. The quantitative estimate of drug-likeness (QED) is 0.209. The number of pyridine rings is 1. The molecule has 4 fully saturated rings. The van der Waals surface area contributed by atoms with Gasteiger partial charge in [-0.15, -0.1) is 0 Å². The van der Waals surface area contributed by atoms with E-state index in [1.807, 2.05) is 13.0 Å². The van der Waals surface area contributed by atoms with Crippen molar-refractivity contribution in [3.8, 4) is 23.1 Å². The van der Waals surface area contributed by atoms with Crippen LogP contribution in [-0.4, -0.2) is 57.8 Å². The van der Waals surface area contributed by atoms with Crippen LogP contribution in [0.3, 0.4) is 0 Å². The second-order valence-corrected chi connectivity index (χ2v) is 13.1. The van der Waals surface area contributed by atoms with E-state index < -0.39 is 17.5 Å². The molecule has 3 saturated heterocycles. The van der Waals surface area contributed by atoms with Crippen molar-refractivity contribution in [2.75, 3.05) is 20.1 Å². The molecule has 2 N–H and O–H groups in total. The van der Waals surface area contributed by atoms with Gasteiger partial charge in [-0.25, -0.2) is 18.2 Å². The van der Waals surface area contributed by atoms with Crippen molar-refractivity contribution in [1.29, 1.82) is 5.26 Å². The molecule has 9 rings (SSSR count). The summed E-state index contributed by atoms with van der Waals surface area (Å²) in [6.07, 6.45) is 4.98. The maximum Gasteiger partial charge on any atom is 0.223 e. The van der Waals surface area contributed by atoms with Gasteiger partial charge in [0, 0.05) is 64.9 Å². The first-order chi connectivity index (χ1) is 21.7. The lowest BCUT2D eigenvalue weighted by molar-refractivity contribution is 0.119. The molecule has 0 unspecified atom stereocenters. The summed E-state index contributed by atoms with van der Waals surface area (Å²) in [4.78, 5) is 10.1. The largest absolute Gasteiger partial charge is 0.472 e. The van der Waals surface area contributed by atoms with Crippen molar-refractivity contribution >= 4 is 32.7 Å². The third kappa shape index (κ3) is 4.27. The molecule has 2 aromatic carbocycles. The molecule has 6 heterocycles. The average molecular weight is 613 g/mol. The Morgan fingerprint density at radius 3 is 2.71 bits per heavy atom. The molecule has 5 aromatic rings. The molecule has 232 valence electrons. The summed E-state index contributed by atoms with van der Waals surface area (Å²) in [5, 5.41) is 14.8. The molecule has 10 heteroatoms. The number of rotatable bonds is 7. The van der Waals surface area contributed by atoms with Gasteiger partial charge in [0.1, 0.15) is 23.3 Å². The first kappa shape index (κ1) is 28.4. The zero-order valence-electron chi connectivity index (χ0n) is 25.6. The highest BCUT2D eigenvalue weighted by Gasteiger charge is 2.48. The van der Waals surface area contributed by atoms with E-state index in [0.717, 1.165) is 55.0 Å². The van der Waals surface area contributed by atoms with E-state index in [0.29, 0.717) is 34.4 Å². The molecule has 1 saturated carbocycles. The minimum atomic E-state index is -0.755. The number of fused-ring (bicyclic) bond motifs is 5. The van der Waals surface area contributed by atoms with Crippen LogP contribution in [0.2, 0.25) is 0 Å². The number of hydrogen-bond acceptors (Lipinski definition) is 5. The summed E-state index contributed by atoms with van der Waals surface area (Å²) >= 11 is 0. The molecule has 4 aliphatic rings. The normalized spacial score (nSPS) is 23.7. The van der Waals surface area contributed by atoms with Gasteiger partial charge in [0.15, 0.2) is 5.82 Å². The number of nitrogens with one attached hydrogen (secondary N) is 2. The Hall–Kier alpha value is -4.07. The van der Waals surface area contributed by atoms with E-state index in [-0.39, 0.29) is 53.0 Å². The molecule has 2 bridgehead atoms. The van der Waals surface area contributed by atoms with Gasteiger partial charge < -0.3 is 19.6 Å². The number of aromatic amines is 1. The van der Waals surface area contributed by atoms with Crippen LogP contribution in [0.15, 0.2) is 30.5 Å². The maximum absolute atomic E-state index is 17.2. The monoisotopic (exact) mass is 612 g/mol. The highest BCUT2D eigenvalue weighted by atomic mass is 19.1. The topological polar surface area (TPSA) is 81.9 Å². The summed E-state index contributed by atoms with van der Waals surface area (Å²) in [6.45, 7) is 6.08. The fourth-order valence-electron chi connectivity index (χ4n) is 8.37. The Balaban J connectivity index is 1.41. The Kier molecular flexibility index (Phi) is 6.63. The second kappa shape index (κ2) is 10.5. The lowest BCUT2D eigenvalue weighted by Gasteiger charge is -2.37. The predicted molar refractivity (Wildman–Crippen MR) is 168 cm³/mol. The van der Waals surface area contributed by atoms with Gasteiger partial charge in [0.2, 0.25) is 5.88 Å². The lowest BCUT2D eigenvalue weighted by Crippen LogP contribution is -2.39. The Bertz CT molecular complexity index is 2030. The van der Waals surface area contributed by atoms with E-state index >= 15 is 4.39 Å². The number of hydrogen-bond donors (Lipinski definition) is 2. The minimum absolute atomic E-state index is 0.0940. The standard InChI is InChI=1S/C35H35F3N6O/c1-17-10-24-34(44(17)33-20-12-27(33)40-15-20)23-11-19(6-4-8-39)29(25-16-41-31-22(25)13-21(36)14-26(31)37)30(38)32(23)42-35(24)45-18(2)28-7-5-9-43(28)3/h10-11,13-14,16,18,20,27-28,33,40-41H,4-7,9,12,15H2,1-3H3/t18-,20+,27+,28-,33-/m0/s1. The molecule has 45 heavy (non-hydrogen) atoms. The molecule has 3 aromatic heterocycles. The summed E-state index contributed by atoms with van der Waals surface area (Å²) < 4.78 is 55.4. The SMILES string of the molecule is Cc1cc2c(O[C@@H](C)[C@@H]3CCCN3C)nc3c(F)c(-c4c[nH]c5c(F)cc(F)cc45)c(CCC#N)cc3c2n1[C@H]1[C@H]2CN[C@@H]1C2. The fraction of sp³-hybridized carbons (Fsp3) is 0.429. The number of benzene rings is 2. The van der Waals surface area contributed by atoms with Crippen molar-refractivity contribution in [1.82, 2.24) is 24.8 Å². The summed E-state index contributed by atoms with van der Waals surface area (Å²) in [5.41, 5.74) is 3.28. The molecule has 5 atom stereocenters. The van der Waals surface area contributed by atoms with E-state index in [1.54, 1.807) is 0 Å². The molecule has 0 radical (unpaired) electrons. The summed E-state index contributed by atoms with van der Waals surface area (Å²) in [7, 11) is 2.10. The van der Waals surface area contributed by atoms with Gasteiger partial charge >= 0.3 is 0 Å². The van der Waals surface area contributed by atoms with Crippen LogP contribution in [0, 0.1) is 41.6 Å². The molecule has 1 aliphatic carbocycles. The number of likely N-dealkylation sites (tertiary alicyclic amines) is 1. The average Bonchev–Trinajstić information content (AvgIpc) is 3.83. The van der Waals surface area contributed by atoms with Crippen molar-refractivity contribution in [3.63, 3.8) is 0 Å². The highest BCUT2D eigenvalue weighted by molar-refractivity contribution is 6.09. The molecular formula is C35H35F3N6O. The van der Waals surface area contributed by atoms with Gasteiger partial charge in [-0.1, -0.05) is 0 Å². The van der Waals surface area contributed by atoms with Gasteiger partial charge in [0.05, 0.1) is 28.5 Å². The van der Waals surface area contributed by atoms with Crippen LogP contribution in [0.1, 0.15) is 49.9 Å². The first-order valence-electron chi connectivity index (χ1n) is 15.9. The summed E-state index contributed by atoms with van der Waals surface area (Å²) in [6, 6.07) is 9.03. The third-order valence-corrected chi connectivity index (χ3v) is 10.5. The second-order valence-electron chi connectivity index (χ2n) is 13.1. The molecular weight excluding hydrogens is 577 g/mol. The zero-order valence-corrected chi connectivity index (χ0v) is 25.6. The molecule has 7 nitrogen and oxygen atoms in total. The minimum Gasteiger partial charge on any atom is -0.472 e. The summed E-state index contributed by atoms with van der Waals surface area (Å²) in [5.74, 6) is -1.23. The third-order valence-electron chi connectivity index (χ3n) is 10.5. The number of nitrogens with zero attached hydrogens (tertiary/aromatic N) is 4. The molecule has 0 amide bonds. The van der Waals surface area contributed by atoms with Gasteiger partial charge in [-0.2, -0.15) is 5.26 Å². The van der Waals surface area contributed by atoms with E-state index in [2.05, 4.69) is 45.9 Å². The van der Waals surface area contributed by atoms with Crippen LogP contribution >= 0.6 is 0 Å². The Morgan fingerprint density at radius 2 is 2.00 bits per heavy atom. The van der Waals surface area contributed by atoms with Gasteiger partial charge in [-0.05, 0) is 82.8 Å². The maximum atomic E-state index is 17.2. The Labute approximate surface area is 259 Å². The van der Waals surface area contributed by atoms with Crippen LogP contribution in [-0.2, 0) is 6.42 Å². The van der Waals surface area contributed by atoms with Crippen molar-refractivity contribution in [2.24, 2.45) is 5.92 Å². The number of aromatic nitrogens is 3. The van der Waals surface area contributed by atoms with Gasteiger partial charge in [-0.3, -0.25) is 4.90 Å². The molecule has 3 aliphatic heterocycles. The van der Waals surface area contributed by atoms with Crippen molar-refractivity contribution in [2.45, 2.75) is 70.2 Å². The number of likely N-dealkylation sites (N-methyl/N-ethyl adjacent to an activating group) is 1. The van der Waals surface area contributed by atoms with E-state index in [1.165, 1.54) is 12.3 Å². The van der Waals surface area contributed by atoms with Crippen LogP contribution in [0.5, 0.6) is 5.88 Å². The fourth-order valence-corrected chi connectivity index (χ4v) is 8.37. The van der Waals surface area contributed by atoms with Crippen molar-refractivity contribution < 1.29 is 17.9 Å². The number of ether oxygens (including phenoxy) is 1. The van der Waals surface area contributed by atoms with Crippen molar-refractivity contribution in [3.05, 3.63) is 59.2 Å². The van der Waals surface area contributed by atoms with E-state index in [9.17, 15) is 14.0 Å². The number of halogens is 3. The number of nitriles is 1. The first-order valence-corrected chi connectivity index (χ1v) is 15.9. The number of aryl methyl sites for hydroxylation is 2. The molecule has 0 spiro atoms. The zero-order chi connectivity index (χ0) is 31.1. The van der Waals surface area contributed by atoms with Crippen LogP contribution < -0.4 is 10.1 Å². The Morgan fingerprint density at radius 1 is 1.16 bits per heavy atom. The van der Waals surface area contributed by atoms with Gasteiger partial charge in [0.25, 0.3) is 0 Å². The predicted octanol–water partition coefficient (Wildman–Crippen LogP) is 6.91. The van der Waals surface area contributed by atoms with E-state index in [4.69, 9.17) is 9.72 Å². The van der Waals surface area contributed by atoms with Crippen LogP contribution in [0.4, 0.5) is 13.2 Å². The lowest BCUT2D eigenvalue weighted by atomic mass is 9.79. The highest BCUT2D eigenvalue weighted by Crippen LogP contribution is 2.49. The van der Waals surface area contributed by atoms with Crippen LogP contribution in [0.25, 0.3) is 43.8 Å².